The van der Waals surface area contributed by atoms with E-state index in [1.807, 2.05) is 0 Å². The van der Waals surface area contributed by atoms with Crippen molar-refractivity contribution < 1.29 is 0 Å². The molecule has 1 saturated carbocycles. The van der Waals surface area contributed by atoms with Crippen molar-refractivity contribution in [2.45, 2.75) is 44.2 Å². The molecule has 8 rings (SSSR count). The molecule has 1 aliphatic heterocycles. The molecular weight excluding hydrogens is 352 g/mol. The average Bonchev–Trinajstić information content (AvgIpc) is 3.49. The highest BCUT2D eigenvalue weighted by Crippen LogP contribution is 2.64. The molecule has 1 fully saturated rings. The molecule has 2 heteroatoms. The summed E-state index contributed by atoms with van der Waals surface area (Å²) in [6.07, 6.45) is 8.81. The zero-order chi connectivity index (χ0) is 18.7. The van der Waals surface area contributed by atoms with Crippen molar-refractivity contribution in [2.75, 3.05) is 0 Å². The SMILES string of the molecule is C1=C\Cn2c3c(c4ccccc42)CC2CC4Cc5c(n(c6ccccc56)C/1)C4C32. The van der Waals surface area contributed by atoms with Gasteiger partial charge in [0, 0.05) is 58.1 Å². The summed E-state index contributed by atoms with van der Waals surface area (Å²) < 4.78 is 5.34. The molecule has 4 aromatic rings. The van der Waals surface area contributed by atoms with Crippen molar-refractivity contribution in [1.82, 2.24) is 9.13 Å². The van der Waals surface area contributed by atoms with E-state index in [-0.39, 0.29) is 0 Å². The van der Waals surface area contributed by atoms with Gasteiger partial charge < -0.3 is 9.13 Å². The molecule has 3 heterocycles. The Labute approximate surface area is 170 Å². The monoisotopic (exact) mass is 376 g/mol. The fraction of sp³-hybridized carbons (Fsp3) is 0.333. The Kier molecular flexibility index (Phi) is 2.64. The summed E-state index contributed by atoms with van der Waals surface area (Å²) in [6, 6.07) is 18.3. The van der Waals surface area contributed by atoms with Crippen LogP contribution in [-0.2, 0) is 25.9 Å². The second-order valence-corrected chi connectivity index (χ2v) is 9.67. The minimum Gasteiger partial charge on any atom is -0.340 e. The first kappa shape index (κ1) is 15.1. The van der Waals surface area contributed by atoms with Crippen molar-refractivity contribution in [3.8, 4) is 0 Å². The Balaban J connectivity index is 1.47. The van der Waals surface area contributed by atoms with E-state index in [0.29, 0.717) is 11.8 Å². The third-order valence-electron chi connectivity index (χ3n) is 8.55. The molecule has 2 aromatic heterocycles. The third kappa shape index (κ3) is 1.68. The predicted octanol–water partition coefficient (Wildman–Crippen LogP) is 5.78. The first-order chi connectivity index (χ1) is 14.4. The van der Waals surface area contributed by atoms with Crippen LogP contribution in [0.15, 0.2) is 60.7 Å². The fourth-order valence-corrected chi connectivity index (χ4v) is 7.73. The third-order valence-corrected chi connectivity index (χ3v) is 8.55. The zero-order valence-electron chi connectivity index (χ0n) is 16.5. The highest BCUT2D eigenvalue weighted by Gasteiger charge is 2.55. The summed E-state index contributed by atoms with van der Waals surface area (Å²) in [5.74, 6) is 3.10. The van der Waals surface area contributed by atoms with Crippen LogP contribution in [0.25, 0.3) is 21.8 Å². The van der Waals surface area contributed by atoms with Crippen molar-refractivity contribution in [3.63, 3.8) is 0 Å². The van der Waals surface area contributed by atoms with Gasteiger partial charge in [-0.1, -0.05) is 48.6 Å². The molecule has 29 heavy (non-hydrogen) atoms. The van der Waals surface area contributed by atoms with Gasteiger partial charge >= 0.3 is 0 Å². The second kappa shape index (κ2) is 5.05. The maximum Gasteiger partial charge on any atom is 0.0488 e. The van der Waals surface area contributed by atoms with Gasteiger partial charge in [0.25, 0.3) is 0 Å². The van der Waals surface area contributed by atoms with Gasteiger partial charge in [0.1, 0.15) is 0 Å². The second-order valence-electron chi connectivity index (χ2n) is 9.67. The van der Waals surface area contributed by atoms with Crippen LogP contribution in [-0.4, -0.2) is 9.13 Å². The molecule has 3 aliphatic carbocycles. The van der Waals surface area contributed by atoms with Crippen LogP contribution in [0.5, 0.6) is 0 Å². The number of allylic oxidation sites excluding steroid dienone is 2. The molecule has 0 spiro atoms. The number of aromatic nitrogens is 2. The van der Waals surface area contributed by atoms with Crippen LogP contribution >= 0.6 is 0 Å². The average molecular weight is 377 g/mol. The van der Waals surface area contributed by atoms with Crippen molar-refractivity contribution in [1.29, 1.82) is 0 Å². The van der Waals surface area contributed by atoms with Gasteiger partial charge in [-0.2, -0.15) is 0 Å². The highest BCUT2D eigenvalue weighted by atomic mass is 15.0. The lowest BCUT2D eigenvalue weighted by molar-refractivity contribution is 0.470. The van der Waals surface area contributed by atoms with Crippen molar-refractivity contribution in [3.05, 3.63) is 83.2 Å². The van der Waals surface area contributed by atoms with Crippen LogP contribution in [0.2, 0.25) is 0 Å². The summed E-state index contributed by atoms with van der Waals surface area (Å²) in [6.45, 7) is 2.02. The molecule has 2 aromatic carbocycles. The lowest BCUT2D eigenvalue weighted by Gasteiger charge is -2.25. The molecule has 0 amide bonds. The van der Waals surface area contributed by atoms with E-state index < -0.39 is 0 Å². The van der Waals surface area contributed by atoms with Gasteiger partial charge in [-0.3, -0.25) is 0 Å². The largest absolute Gasteiger partial charge is 0.340 e. The summed E-state index contributed by atoms with van der Waals surface area (Å²) in [7, 11) is 0. The molecular formula is C27H24N2. The van der Waals surface area contributed by atoms with Gasteiger partial charge in [0.2, 0.25) is 0 Å². The van der Waals surface area contributed by atoms with Crippen LogP contribution in [0.4, 0.5) is 0 Å². The minimum atomic E-state index is 0.707. The number of hydrogen-bond acceptors (Lipinski definition) is 0. The standard InChI is InChI=1S/C27H24N2/c1-3-9-22-18(7-1)20-14-16-13-17-15-21-19-8-2-4-10-23(19)29-12-6-5-11-28(22)26(20)24(16)25(17)27(21)29/h1-10,16-17,24-25H,11-15H2/b6-5-. The first-order valence-corrected chi connectivity index (χ1v) is 11.2. The Morgan fingerprint density at radius 3 is 1.62 bits per heavy atom. The number of hydrogen-bond donors (Lipinski definition) is 0. The van der Waals surface area contributed by atoms with Crippen LogP contribution < -0.4 is 0 Å². The number of para-hydroxylation sites is 2. The minimum absolute atomic E-state index is 0.707. The lowest BCUT2D eigenvalue weighted by atomic mass is 9.87. The van der Waals surface area contributed by atoms with Gasteiger partial charge in [-0.05, 0) is 54.4 Å². The van der Waals surface area contributed by atoms with Gasteiger partial charge in [-0.25, -0.2) is 0 Å². The molecule has 4 unspecified atom stereocenters. The van der Waals surface area contributed by atoms with E-state index in [1.54, 1.807) is 22.5 Å². The van der Waals surface area contributed by atoms with E-state index in [4.69, 9.17) is 0 Å². The topological polar surface area (TPSA) is 9.86 Å². The fourth-order valence-electron chi connectivity index (χ4n) is 7.73. The molecule has 142 valence electrons. The van der Waals surface area contributed by atoms with Gasteiger partial charge in [-0.15, -0.1) is 0 Å². The van der Waals surface area contributed by atoms with Crippen LogP contribution in [0.1, 0.15) is 40.8 Å². The molecule has 0 radical (unpaired) electrons. The predicted molar refractivity (Wildman–Crippen MR) is 118 cm³/mol. The van der Waals surface area contributed by atoms with Gasteiger partial charge in [0.05, 0.1) is 0 Å². The number of nitrogens with zero attached hydrogens (tertiary/aromatic N) is 2. The highest BCUT2D eigenvalue weighted by molar-refractivity contribution is 5.89. The number of fused-ring (bicyclic) bond motifs is 6. The molecule has 4 aliphatic rings. The number of rotatable bonds is 0. The Morgan fingerprint density at radius 1 is 0.621 bits per heavy atom. The molecule has 0 N–H and O–H groups in total. The van der Waals surface area contributed by atoms with Crippen LogP contribution in [0.3, 0.4) is 0 Å². The van der Waals surface area contributed by atoms with Crippen molar-refractivity contribution >= 4 is 21.8 Å². The van der Waals surface area contributed by atoms with Gasteiger partial charge in [0.15, 0.2) is 0 Å². The van der Waals surface area contributed by atoms with Crippen molar-refractivity contribution in [2.24, 2.45) is 11.8 Å². The Bertz CT molecular complexity index is 1260. The van der Waals surface area contributed by atoms with E-state index in [0.717, 1.165) is 24.9 Å². The molecule has 4 atom stereocenters. The van der Waals surface area contributed by atoms with Crippen LogP contribution in [0, 0.1) is 11.8 Å². The summed E-state index contributed by atoms with van der Waals surface area (Å²) in [5, 5.41) is 3.03. The molecule has 0 bridgehead atoms. The quantitative estimate of drug-likeness (QED) is 0.344. The lowest BCUT2D eigenvalue weighted by Crippen LogP contribution is -2.17. The van der Waals surface area contributed by atoms with E-state index in [1.165, 1.54) is 41.1 Å². The Morgan fingerprint density at radius 2 is 1.10 bits per heavy atom. The summed E-state index contributed by atoms with van der Waals surface area (Å²) in [5.41, 5.74) is 9.59. The summed E-state index contributed by atoms with van der Waals surface area (Å²) in [4.78, 5) is 0. The maximum atomic E-state index is 2.67. The zero-order valence-corrected chi connectivity index (χ0v) is 16.5. The normalized spacial score (nSPS) is 29.7. The smallest absolute Gasteiger partial charge is 0.0488 e. The summed E-state index contributed by atoms with van der Waals surface area (Å²) >= 11 is 0. The van der Waals surface area contributed by atoms with E-state index >= 15 is 0 Å². The van der Waals surface area contributed by atoms with E-state index in [9.17, 15) is 0 Å². The number of benzene rings is 2. The Hall–Kier alpha value is -2.74. The maximum absolute atomic E-state index is 2.67. The molecule has 0 saturated heterocycles. The van der Waals surface area contributed by atoms with E-state index in [2.05, 4.69) is 69.8 Å². The first-order valence-electron chi connectivity index (χ1n) is 11.2. The molecule has 2 nitrogen and oxygen atoms in total.